The first-order valence-corrected chi connectivity index (χ1v) is 8.97. The Labute approximate surface area is 145 Å². The molecule has 2 heterocycles. The molecule has 3 rings (SSSR count). The van der Waals surface area contributed by atoms with Crippen molar-refractivity contribution in [2.75, 3.05) is 26.2 Å². The summed E-state index contributed by atoms with van der Waals surface area (Å²) in [5.74, 6) is 0.835. The van der Waals surface area contributed by atoms with E-state index in [2.05, 4.69) is 18.4 Å². The number of hydrogen-bond acceptors (Lipinski definition) is 3. The van der Waals surface area contributed by atoms with E-state index in [-0.39, 0.29) is 5.91 Å². The van der Waals surface area contributed by atoms with Crippen LogP contribution in [-0.4, -0.2) is 54.0 Å². The van der Waals surface area contributed by atoms with Gasteiger partial charge in [0.25, 0.3) is 5.91 Å². The van der Waals surface area contributed by atoms with Gasteiger partial charge in [0.15, 0.2) is 0 Å². The Hall–Kier alpha value is -1.81. The molecule has 4 heteroatoms. The summed E-state index contributed by atoms with van der Waals surface area (Å²) in [6.45, 7) is 11.4. The SMILES string of the molecule is C=C(C)COc1cccc(C(=O)N2CC(N3CCCCC3C)C2)c1. The Morgan fingerprint density at radius 2 is 2.12 bits per heavy atom. The lowest BCUT2D eigenvalue weighted by Gasteiger charge is -2.49. The van der Waals surface area contributed by atoms with Crippen LogP contribution in [0.4, 0.5) is 0 Å². The fourth-order valence-electron chi connectivity index (χ4n) is 3.60. The highest BCUT2D eigenvalue weighted by Gasteiger charge is 2.37. The van der Waals surface area contributed by atoms with Gasteiger partial charge in [-0.2, -0.15) is 0 Å². The van der Waals surface area contributed by atoms with Crippen LogP contribution >= 0.6 is 0 Å². The van der Waals surface area contributed by atoms with Crippen LogP contribution < -0.4 is 4.74 Å². The monoisotopic (exact) mass is 328 g/mol. The van der Waals surface area contributed by atoms with Crippen molar-refractivity contribution in [3.05, 3.63) is 42.0 Å². The molecule has 0 radical (unpaired) electrons. The average molecular weight is 328 g/mol. The van der Waals surface area contributed by atoms with E-state index in [1.54, 1.807) is 0 Å². The van der Waals surface area contributed by atoms with Gasteiger partial charge in [0.05, 0.1) is 0 Å². The highest BCUT2D eigenvalue weighted by Crippen LogP contribution is 2.26. The van der Waals surface area contributed by atoms with E-state index in [9.17, 15) is 4.79 Å². The third-order valence-electron chi connectivity index (χ3n) is 5.04. The smallest absolute Gasteiger partial charge is 0.254 e. The lowest BCUT2D eigenvalue weighted by Crippen LogP contribution is -2.63. The summed E-state index contributed by atoms with van der Waals surface area (Å²) in [7, 11) is 0. The highest BCUT2D eigenvalue weighted by atomic mass is 16.5. The van der Waals surface area contributed by atoms with Crippen LogP contribution in [0.15, 0.2) is 36.4 Å². The first-order valence-electron chi connectivity index (χ1n) is 8.97. The number of amides is 1. The second-order valence-corrected chi connectivity index (χ2v) is 7.22. The average Bonchev–Trinajstić information content (AvgIpc) is 2.53. The van der Waals surface area contributed by atoms with Crippen LogP contribution in [0.3, 0.4) is 0 Å². The van der Waals surface area contributed by atoms with Gasteiger partial charge >= 0.3 is 0 Å². The molecule has 1 aromatic carbocycles. The Kier molecular flexibility index (Phi) is 5.24. The van der Waals surface area contributed by atoms with E-state index >= 15 is 0 Å². The lowest BCUT2D eigenvalue weighted by molar-refractivity contribution is 0.00211. The fourth-order valence-corrected chi connectivity index (χ4v) is 3.60. The lowest BCUT2D eigenvalue weighted by atomic mass is 9.97. The molecule has 2 fully saturated rings. The number of piperidine rings is 1. The molecule has 1 atom stereocenters. The second-order valence-electron chi connectivity index (χ2n) is 7.22. The van der Waals surface area contributed by atoms with Crippen molar-refractivity contribution in [3.63, 3.8) is 0 Å². The minimum Gasteiger partial charge on any atom is -0.489 e. The molecule has 2 saturated heterocycles. The highest BCUT2D eigenvalue weighted by molar-refractivity contribution is 5.95. The number of benzene rings is 1. The van der Waals surface area contributed by atoms with E-state index in [0.717, 1.165) is 24.4 Å². The Balaban J connectivity index is 1.56. The van der Waals surface area contributed by atoms with E-state index in [1.165, 1.54) is 25.8 Å². The first kappa shape index (κ1) is 17.0. The number of hydrogen-bond donors (Lipinski definition) is 0. The van der Waals surface area contributed by atoms with Gasteiger partial charge in [0, 0.05) is 30.7 Å². The maximum absolute atomic E-state index is 12.7. The topological polar surface area (TPSA) is 32.8 Å². The predicted molar refractivity (Wildman–Crippen MR) is 96.5 cm³/mol. The Morgan fingerprint density at radius 3 is 2.83 bits per heavy atom. The van der Waals surface area contributed by atoms with Gasteiger partial charge in [0.1, 0.15) is 12.4 Å². The molecule has 1 aromatic rings. The number of likely N-dealkylation sites (tertiary alicyclic amines) is 2. The van der Waals surface area contributed by atoms with Crippen LogP contribution in [0.2, 0.25) is 0 Å². The van der Waals surface area contributed by atoms with Crippen LogP contribution in [0.25, 0.3) is 0 Å². The molecular weight excluding hydrogens is 300 g/mol. The molecule has 0 aliphatic carbocycles. The maximum atomic E-state index is 12.7. The Bertz CT molecular complexity index is 607. The number of carbonyl (C=O) groups is 1. The molecule has 0 aromatic heterocycles. The van der Waals surface area contributed by atoms with Crippen LogP contribution in [-0.2, 0) is 0 Å². The molecule has 1 amide bonds. The second kappa shape index (κ2) is 7.39. The molecule has 130 valence electrons. The van der Waals surface area contributed by atoms with Crippen molar-refractivity contribution < 1.29 is 9.53 Å². The maximum Gasteiger partial charge on any atom is 0.254 e. The number of rotatable bonds is 5. The molecule has 2 aliphatic rings. The molecule has 1 unspecified atom stereocenters. The van der Waals surface area contributed by atoms with Crippen molar-refractivity contribution in [2.45, 2.75) is 45.2 Å². The van der Waals surface area contributed by atoms with Gasteiger partial charge in [-0.15, -0.1) is 0 Å². The standard InChI is InChI=1S/C20H28N2O2/c1-15(2)14-24-19-9-6-8-17(11-19)20(23)21-12-18(13-21)22-10-5-4-7-16(22)3/h6,8-9,11,16,18H,1,4-5,7,10,12-14H2,2-3H3. The summed E-state index contributed by atoms with van der Waals surface area (Å²) in [4.78, 5) is 17.2. The summed E-state index contributed by atoms with van der Waals surface area (Å²) in [6, 6.07) is 8.65. The van der Waals surface area contributed by atoms with Crippen molar-refractivity contribution in [1.29, 1.82) is 0 Å². The zero-order valence-corrected chi connectivity index (χ0v) is 14.8. The first-order chi connectivity index (χ1) is 11.5. The van der Waals surface area contributed by atoms with Gasteiger partial charge < -0.3 is 9.64 Å². The molecule has 0 spiro atoms. The Morgan fingerprint density at radius 1 is 1.33 bits per heavy atom. The van der Waals surface area contributed by atoms with Gasteiger partial charge in [-0.1, -0.05) is 19.1 Å². The largest absolute Gasteiger partial charge is 0.489 e. The van der Waals surface area contributed by atoms with Gasteiger partial charge in [-0.05, 0) is 57.0 Å². The van der Waals surface area contributed by atoms with Crippen molar-refractivity contribution in [1.82, 2.24) is 9.80 Å². The fraction of sp³-hybridized carbons (Fsp3) is 0.550. The molecule has 0 saturated carbocycles. The number of nitrogens with zero attached hydrogens (tertiary/aromatic N) is 2. The van der Waals surface area contributed by atoms with Gasteiger partial charge in [0.2, 0.25) is 0 Å². The quantitative estimate of drug-likeness (QED) is 0.777. The van der Waals surface area contributed by atoms with Gasteiger partial charge in [-0.3, -0.25) is 9.69 Å². The number of carbonyl (C=O) groups excluding carboxylic acids is 1. The minimum atomic E-state index is 0.108. The minimum absolute atomic E-state index is 0.108. The third-order valence-corrected chi connectivity index (χ3v) is 5.04. The van der Waals surface area contributed by atoms with Crippen LogP contribution in [0.1, 0.15) is 43.5 Å². The summed E-state index contributed by atoms with van der Waals surface area (Å²) in [6.07, 6.45) is 3.91. The van der Waals surface area contributed by atoms with Crippen molar-refractivity contribution in [2.24, 2.45) is 0 Å². The third kappa shape index (κ3) is 3.81. The van der Waals surface area contributed by atoms with E-state index in [0.29, 0.717) is 24.3 Å². The summed E-state index contributed by atoms with van der Waals surface area (Å²) >= 11 is 0. The van der Waals surface area contributed by atoms with Crippen LogP contribution in [0.5, 0.6) is 5.75 Å². The molecule has 0 bridgehead atoms. The molecule has 0 N–H and O–H groups in total. The van der Waals surface area contributed by atoms with E-state index in [4.69, 9.17) is 4.74 Å². The molecule has 24 heavy (non-hydrogen) atoms. The molecular formula is C20H28N2O2. The zero-order chi connectivity index (χ0) is 17.1. The predicted octanol–water partition coefficient (Wildman–Crippen LogP) is 3.34. The normalized spacial score (nSPS) is 22.1. The summed E-state index contributed by atoms with van der Waals surface area (Å²) in [5.41, 5.74) is 1.67. The molecule has 4 nitrogen and oxygen atoms in total. The zero-order valence-electron chi connectivity index (χ0n) is 14.8. The van der Waals surface area contributed by atoms with Gasteiger partial charge in [-0.25, -0.2) is 0 Å². The summed E-state index contributed by atoms with van der Waals surface area (Å²) in [5, 5.41) is 0. The van der Waals surface area contributed by atoms with Crippen molar-refractivity contribution in [3.8, 4) is 5.75 Å². The van der Waals surface area contributed by atoms with Crippen molar-refractivity contribution >= 4 is 5.91 Å². The van der Waals surface area contributed by atoms with E-state index in [1.807, 2.05) is 36.1 Å². The number of ether oxygens (including phenoxy) is 1. The van der Waals surface area contributed by atoms with E-state index < -0.39 is 0 Å². The molecule has 2 aliphatic heterocycles. The summed E-state index contributed by atoms with van der Waals surface area (Å²) < 4.78 is 5.64. The van der Waals surface area contributed by atoms with Crippen LogP contribution in [0, 0.1) is 0 Å².